The van der Waals surface area contributed by atoms with E-state index in [0.29, 0.717) is 4.90 Å². The number of benzene rings is 1. The third-order valence-electron chi connectivity index (χ3n) is 4.38. The van der Waals surface area contributed by atoms with Crippen LogP contribution in [0.1, 0.15) is 31.4 Å². The van der Waals surface area contributed by atoms with Crippen LogP contribution in [0.3, 0.4) is 0 Å². The van der Waals surface area contributed by atoms with Gasteiger partial charge in [-0.15, -0.1) is 0 Å². The first-order chi connectivity index (χ1) is 10.4. The molecular formula is C16H25NO3S2. The number of hydrogen-bond donors (Lipinski definition) is 1. The summed E-state index contributed by atoms with van der Waals surface area (Å²) in [6.07, 6.45) is 5.54. The molecule has 22 heavy (non-hydrogen) atoms. The predicted molar refractivity (Wildman–Crippen MR) is 92.3 cm³/mol. The second-order valence-electron chi connectivity index (χ2n) is 5.94. The van der Waals surface area contributed by atoms with Crippen LogP contribution in [-0.4, -0.2) is 45.4 Å². The van der Waals surface area contributed by atoms with Crippen molar-refractivity contribution in [2.75, 3.05) is 32.3 Å². The summed E-state index contributed by atoms with van der Waals surface area (Å²) in [5.41, 5.74) is 1.11. The second-order valence-corrected chi connectivity index (χ2v) is 9.23. The smallest absolute Gasteiger partial charge is 0.175 e. The van der Waals surface area contributed by atoms with E-state index in [4.69, 9.17) is 4.74 Å². The van der Waals surface area contributed by atoms with Crippen LogP contribution in [0.5, 0.6) is 0 Å². The van der Waals surface area contributed by atoms with Gasteiger partial charge in [0.25, 0.3) is 0 Å². The molecule has 0 amide bonds. The molecule has 1 aliphatic rings. The molecular weight excluding hydrogens is 318 g/mol. The lowest BCUT2D eigenvalue weighted by Gasteiger charge is -2.36. The van der Waals surface area contributed by atoms with E-state index in [1.165, 1.54) is 6.26 Å². The van der Waals surface area contributed by atoms with Crippen LogP contribution in [0.25, 0.3) is 0 Å². The molecule has 1 fully saturated rings. The molecule has 1 aromatic rings. The summed E-state index contributed by atoms with van der Waals surface area (Å²) in [5, 5.41) is 3.59. The number of ether oxygens (including phenoxy) is 1. The van der Waals surface area contributed by atoms with Gasteiger partial charge >= 0.3 is 0 Å². The fourth-order valence-electron chi connectivity index (χ4n) is 2.66. The summed E-state index contributed by atoms with van der Waals surface area (Å²) in [7, 11) is -3.13. The lowest BCUT2D eigenvalue weighted by Crippen LogP contribution is -2.43. The first-order valence-corrected chi connectivity index (χ1v) is 10.6. The van der Waals surface area contributed by atoms with Gasteiger partial charge in [-0.3, -0.25) is 0 Å². The van der Waals surface area contributed by atoms with Crippen LogP contribution in [0.15, 0.2) is 29.2 Å². The Bertz CT molecular complexity index is 578. The quantitative estimate of drug-likeness (QED) is 0.860. The summed E-state index contributed by atoms with van der Waals surface area (Å²) in [5.74, 6) is 0. The molecule has 0 aromatic heterocycles. The van der Waals surface area contributed by atoms with E-state index >= 15 is 0 Å². The van der Waals surface area contributed by atoms with E-state index in [-0.39, 0.29) is 10.8 Å². The second kappa shape index (κ2) is 7.34. The molecule has 4 nitrogen and oxygen atoms in total. The fourth-order valence-corrected chi connectivity index (χ4v) is 4.09. The molecule has 0 unspecified atom stereocenters. The van der Waals surface area contributed by atoms with Gasteiger partial charge in [0.05, 0.1) is 4.90 Å². The van der Waals surface area contributed by atoms with Gasteiger partial charge in [0, 0.05) is 36.8 Å². The molecule has 1 atom stereocenters. The maximum atomic E-state index is 11.5. The Hall–Kier alpha value is -0.560. The topological polar surface area (TPSA) is 55.4 Å². The number of rotatable bonds is 6. The van der Waals surface area contributed by atoms with Crippen LogP contribution in [-0.2, 0) is 14.6 Å². The van der Waals surface area contributed by atoms with E-state index in [1.54, 1.807) is 12.1 Å². The van der Waals surface area contributed by atoms with Crippen LogP contribution >= 0.6 is 11.8 Å². The van der Waals surface area contributed by atoms with E-state index in [0.717, 1.165) is 38.2 Å². The average molecular weight is 344 g/mol. The summed E-state index contributed by atoms with van der Waals surface area (Å²) < 4.78 is 28.7. The van der Waals surface area contributed by atoms with Crippen molar-refractivity contribution >= 4 is 21.6 Å². The third kappa shape index (κ3) is 4.47. The summed E-state index contributed by atoms with van der Waals surface area (Å²) in [6, 6.07) is 7.34. The lowest BCUT2D eigenvalue weighted by molar-refractivity contribution is 0.0766. The molecule has 0 radical (unpaired) electrons. The Kier molecular flexibility index (Phi) is 5.94. The summed E-state index contributed by atoms with van der Waals surface area (Å²) in [6.45, 7) is 4.72. The van der Waals surface area contributed by atoms with Crippen molar-refractivity contribution in [3.8, 4) is 0 Å². The summed E-state index contributed by atoms with van der Waals surface area (Å²) >= 11 is 1.91. The molecule has 2 rings (SSSR count). The fraction of sp³-hybridized carbons (Fsp3) is 0.625. The van der Waals surface area contributed by atoms with Gasteiger partial charge in [-0.05, 0) is 43.7 Å². The van der Waals surface area contributed by atoms with Gasteiger partial charge in [-0.2, -0.15) is 11.8 Å². The Balaban J connectivity index is 1.98. The third-order valence-corrected chi connectivity index (χ3v) is 6.92. The monoisotopic (exact) mass is 343 g/mol. The minimum atomic E-state index is -3.13. The SMILES string of the molecule is CSC1(CN[C@H](C)c2ccc(S(C)(=O)=O)cc2)CCOCC1. The minimum absolute atomic E-state index is 0.195. The highest BCUT2D eigenvalue weighted by molar-refractivity contribution is 8.00. The normalized spacial score (nSPS) is 19.8. The zero-order valence-electron chi connectivity index (χ0n) is 13.5. The van der Waals surface area contributed by atoms with E-state index < -0.39 is 9.84 Å². The first-order valence-electron chi connectivity index (χ1n) is 7.53. The van der Waals surface area contributed by atoms with Gasteiger partial charge in [0.1, 0.15) is 0 Å². The van der Waals surface area contributed by atoms with Gasteiger partial charge in [-0.1, -0.05) is 12.1 Å². The molecule has 1 N–H and O–H groups in total. The highest BCUT2D eigenvalue weighted by Gasteiger charge is 2.31. The van der Waals surface area contributed by atoms with Gasteiger partial charge < -0.3 is 10.1 Å². The van der Waals surface area contributed by atoms with E-state index in [1.807, 2.05) is 23.9 Å². The lowest BCUT2D eigenvalue weighted by atomic mass is 9.98. The van der Waals surface area contributed by atoms with Crippen molar-refractivity contribution in [2.24, 2.45) is 0 Å². The van der Waals surface area contributed by atoms with Crippen molar-refractivity contribution in [3.63, 3.8) is 0 Å². The van der Waals surface area contributed by atoms with Crippen molar-refractivity contribution in [1.29, 1.82) is 0 Å². The Morgan fingerprint density at radius 1 is 1.27 bits per heavy atom. The summed E-state index contributed by atoms with van der Waals surface area (Å²) in [4.78, 5) is 0.369. The van der Waals surface area contributed by atoms with Crippen molar-refractivity contribution in [2.45, 2.75) is 35.4 Å². The van der Waals surface area contributed by atoms with Gasteiger partial charge in [0.2, 0.25) is 0 Å². The Labute approximate surface area is 137 Å². The van der Waals surface area contributed by atoms with Crippen molar-refractivity contribution in [3.05, 3.63) is 29.8 Å². The first kappa shape index (κ1) is 17.8. The zero-order chi connectivity index (χ0) is 16.2. The predicted octanol–water partition coefficient (Wildman–Crippen LogP) is 2.65. The minimum Gasteiger partial charge on any atom is -0.381 e. The molecule has 6 heteroatoms. The standard InChI is InChI=1S/C16H25NO3S2/c1-13(14-4-6-15(7-5-14)22(3,18)19)17-12-16(21-2)8-10-20-11-9-16/h4-7,13,17H,8-12H2,1-3H3/t13-/m1/s1. The van der Waals surface area contributed by atoms with Gasteiger partial charge in [-0.25, -0.2) is 8.42 Å². The van der Waals surface area contributed by atoms with Crippen molar-refractivity contribution < 1.29 is 13.2 Å². The highest BCUT2D eigenvalue weighted by atomic mass is 32.2. The van der Waals surface area contributed by atoms with Crippen molar-refractivity contribution in [1.82, 2.24) is 5.32 Å². The molecule has 1 heterocycles. The zero-order valence-corrected chi connectivity index (χ0v) is 15.1. The largest absolute Gasteiger partial charge is 0.381 e. The average Bonchev–Trinajstić information content (AvgIpc) is 2.53. The van der Waals surface area contributed by atoms with Crippen LogP contribution in [0.4, 0.5) is 0 Å². The van der Waals surface area contributed by atoms with E-state index in [9.17, 15) is 8.42 Å². The van der Waals surface area contributed by atoms with Crippen LogP contribution < -0.4 is 5.32 Å². The Morgan fingerprint density at radius 2 is 1.86 bits per heavy atom. The number of hydrogen-bond acceptors (Lipinski definition) is 5. The molecule has 1 saturated heterocycles. The molecule has 0 saturated carbocycles. The molecule has 1 aliphatic heterocycles. The molecule has 1 aromatic carbocycles. The number of nitrogens with one attached hydrogen (secondary N) is 1. The molecule has 124 valence electrons. The molecule has 0 bridgehead atoms. The van der Waals surface area contributed by atoms with E-state index in [2.05, 4.69) is 18.5 Å². The van der Waals surface area contributed by atoms with Crippen LogP contribution in [0, 0.1) is 0 Å². The maximum absolute atomic E-state index is 11.5. The number of thioether (sulfide) groups is 1. The molecule has 0 spiro atoms. The van der Waals surface area contributed by atoms with Crippen LogP contribution in [0.2, 0.25) is 0 Å². The Morgan fingerprint density at radius 3 is 2.36 bits per heavy atom. The number of sulfone groups is 1. The maximum Gasteiger partial charge on any atom is 0.175 e. The van der Waals surface area contributed by atoms with Gasteiger partial charge in [0.15, 0.2) is 9.84 Å². The molecule has 0 aliphatic carbocycles. The highest BCUT2D eigenvalue weighted by Crippen LogP contribution is 2.33.